The number of carbonyl (C=O) groups excluding carboxylic acids is 1. The van der Waals surface area contributed by atoms with E-state index in [0.717, 1.165) is 0 Å². The monoisotopic (exact) mass is 281 g/mol. The predicted octanol–water partition coefficient (Wildman–Crippen LogP) is 2.68. The lowest BCUT2D eigenvalue weighted by atomic mass is 10.2. The van der Waals surface area contributed by atoms with E-state index in [1.54, 1.807) is 24.3 Å². The fourth-order valence-corrected chi connectivity index (χ4v) is 1.59. The van der Waals surface area contributed by atoms with E-state index < -0.39 is 0 Å². The minimum atomic E-state index is -0.303. The highest BCUT2D eigenvalue weighted by Gasteiger charge is 2.18. The second-order valence-electron chi connectivity index (χ2n) is 2.99. The van der Waals surface area contributed by atoms with Crippen molar-refractivity contribution in [2.75, 3.05) is 7.11 Å². The van der Waals surface area contributed by atoms with Gasteiger partial charge in [0.05, 0.1) is 7.11 Å². The minimum Gasteiger partial charge on any atom is -0.494 e. The molecule has 0 atom stereocenters. The summed E-state index contributed by atoms with van der Waals surface area (Å²) in [6.45, 7) is 0. The number of nitrogens with zero attached hydrogens (tertiary/aromatic N) is 1. The summed E-state index contributed by atoms with van der Waals surface area (Å²) in [4.78, 5) is 16.0. The molecule has 0 aliphatic rings. The molecule has 16 heavy (non-hydrogen) atoms. The zero-order valence-corrected chi connectivity index (χ0v) is 10.0. The Morgan fingerprint density at radius 2 is 2.25 bits per heavy atom. The van der Waals surface area contributed by atoms with Gasteiger partial charge in [0.2, 0.25) is 5.78 Å². The Balaban J connectivity index is 2.41. The van der Waals surface area contributed by atoms with Gasteiger partial charge in [0, 0.05) is 6.20 Å². The summed E-state index contributed by atoms with van der Waals surface area (Å²) < 4.78 is 10.7. The molecular formula is C11H8BrNO3. The first-order valence-electron chi connectivity index (χ1n) is 4.51. The molecule has 0 amide bonds. The molecule has 0 bridgehead atoms. The Labute approximate surface area is 100 Å². The largest absolute Gasteiger partial charge is 0.494 e. The molecule has 0 spiro atoms. The van der Waals surface area contributed by atoms with Crippen LogP contribution in [0.15, 0.2) is 39.5 Å². The highest BCUT2D eigenvalue weighted by molar-refractivity contribution is 9.10. The van der Waals surface area contributed by atoms with Crippen LogP contribution in [-0.2, 0) is 0 Å². The third-order valence-corrected chi connectivity index (χ3v) is 2.43. The van der Waals surface area contributed by atoms with Gasteiger partial charge in [0.15, 0.2) is 16.1 Å². The minimum absolute atomic E-state index is 0.226. The van der Waals surface area contributed by atoms with Crippen LogP contribution in [0.2, 0.25) is 0 Å². The Bertz CT molecular complexity index is 521. The standard InChI is InChI=1S/C11H8BrNO3/c1-15-7-3-2-6-13-10(7)11(14)8-4-5-9(12)16-8/h2-6H,1H3. The summed E-state index contributed by atoms with van der Waals surface area (Å²) in [5.74, 6) is 0.354. The fourth-order valence-electron chi connectivity index (χ4n) is 1.28. The zero-order valence-electron chi connectivity index (χ0n) is 8.44. The van der Waals surface area contributed by atoms with Crippen LogP contribution in [0.5, 0.6) is 5.75 Å². The number of ether oxygens (including phenoxy) is 1. The van der Waals surface area contributed by atoms with E-state index in [4.69, 9.17) is 9.15 Å². The lowest BCUT2D eigenvalue weighted by Gasteiger charge is -2.03. The van der Waals surface area contributed by atoms with E-state index in [0.29, 0.717) is 10.4 Å². The van der Waals surface area contributed by atoms with Gasteiger partial charge in [-0.15, -0.1) is 0 Å². The Hall–Kier alpha value is -1.62. The summed E-state index contributed by atoms with van der Waals surface area (Å²) in [6.07, 6.45) is 1.54. The molecule has 82 valence electrons. The van der Waals surface area contributed by atoms with Crippen molar-refractivity contribution in [3.63, 3.8) is 0 Å². The average Bonchev–Trinajstić information content (AvgIpc) is 2.75. The molecule has 0 saturated heterocycles. The van der Waals surface area contributed by atoms with Crippen LogP contribution >= 0.6 is 15.9 Å². The van der Waals surface area contributed by atoms with Gasteiger partial charge in [0.25, 0.3) is 0 Å². The molecule has 0 aliphatic heterocycles. The van der Waals surface area contributed by atoms with Crippen molar-refractivity contribution >= 4 is 21.7 Å². The molecule has 2 rings (SSSR count). The molecule has 0 aromatic carbocycles. The van der Waals surface area contributed by atoms with Crippen molar-refractivity contribution in [3.05, 3.63) is 46.6 Å². The first kappa shape index (κ1) is 10.9. The van der Waals surface area contributed by atoms with Gasteiger partial charge in [-0.05, 0) is 40.2 Å². The maximum Gasteiger partial charge on any atom is 0.250 e. The van der Waals surface area contributed by atoms with Crippen molar-refractivity contribution < 1.29 is 13.9 Å². The van der Waals surface area contributed by atoms with Crippen LogP contribution in [0.25, 0.3) is 0 Å². The van der Waals surface area contributed by atoms with Gasteiger partial charge >= 0.3 is 0 Å². The Kier molecular flexibility index (Phi) is 3.05. The number of hydrogen-bond acceptors (Lipinski definition) is 4. The highest BCUT2D eigenvalue weighted by Crippen LogP contribution is 2.21. The highest BCUT2D eigenvalue weighted by atomic mass is 79.9. The average molecular weight is 282 g/mol. The van der Waals surface area contributed by atoms with E-state index >= 15 is 0 Å². The van der Waals surface area contributed by atoms with E-state index in [-0.39, 0.29) is 17.2 Å². The smallest absolute Gasteiger partial charge is 0.250 e. The molecule has 0 N–H and O–H groups in total. The van der Waals surface area contributed by atoms with Crippen molar-refractivity contribution in [1.82, 2.24) is 4.98 Å². The number of halogens is 1. The van der Waals surface area contributed by atoms with Crippen LogP contribution in [0.1, 0.15) is 16.2 Å². The third-order valence-electron chi connectivity index (χ3n) is 2.00. The quantitative estimate of drug-likeness (QED) is 0.812. The normalized spacial score (nSPS) is 10.1. The molecule has 0 radical (unpaired) electrons. The van der Waals surface area contributed by atoms with Crippen LogP contribution < -0.4 is 4.74 Å². The Morgan fingerprint density at radius 3 is 2.88 bits per heavy atom. The summed E-state index contributed by atoms with van der Waals surface area (Å²) in [7, 11) is 1.49. The van der Waals surface area contributed by atoms with Gasteiger partial charge in [-0.1, -0.05) is 0 Å². The summed E-state index contributed by atoms with van der Waals surface area (Å²) in [6, 6.07) is 6.62. The molecule has 2 heterocycles. The van der Waals surface area contributed by atoms with Crippen LogP contribution in [0.4, 0.5) is 0 Å². The predicted molar refractivity (Wildman–Crippen MR) is 60.6 cm³/mol. The third kappa shape index (κ3) is 1.99. The molecule has 2 aromatic heterocycles. The van der Waals surface area contributed by atoms with Gasteiger partial charge in [-0.3, -0.25) is 4.79 Å². The first-order valence-corrected chi connectivity index (χ1v) is 5.30. The van der Waals surface area contributed by atoms with E-state index in [2.05, 4.69) is 20.9 Å². The number of carbonyl (C=O) groups is 1. The zero-order chi connectivity index (χ0) is 11.5. The Morgan fingerprint density at radius 1 is 1.44 bits per heavy atom. The van der Waals surface area contributed by atoms with E-state index in [1.165, 1.54) is 13.3 Å². The molecule has 2 aromatic rings. The second kappa shape index (κ2) is 4.49. The van der Waals surface area contributed by atoms with Gasteiger partial charge in [-0.2, -0.15) is 0 Å². The maximum absolute atomic E-state index is 12.0. The van der Waals surface area contributed by atoms with E-state index in [1.807, 2.05) is 0 Å². The molecule has 0 unspecified atom stereocenters. The number of aromatic nitrogens is 1. The number of pyridine rings is 1. The fraction of sp³-hybridized carbons (Fsp3) is 0.0909. The number of ketones is 1. The van der Waals surface area contributed by atoms with Crippen molar-refractivity contribution in [3.8, 4) is 5.75 Å². The van der Waals surface area contributed by atoms with Crippen LogP contribution in [0, 0.1) is 0 Å². The lowest BCUT2D eigenvalue weighted by molar-refractivity contribution is 0.1000. The van der Waals surface area contributed by atoms with Crippen LogP contribution in [-0.4, -0.2) is 17.9 Å². The molecule has 0 aliphatic carbocycles. The van der Waals surface area contributed by atoms with Gasteiger partial charge in [0.1, 0.15) is 5.75 Å². The maximum atomic E-state index is 12.0. The number of methoxy groups -OCH3 is 1. The van der Waals surface area contributed by atoms with E-state index in [9.17, 15) is 4.79 Å². The molecule has 4 nitrogen and oxygen atoms in total. The van der Waals surface area contributed by atoms with Crippen molar-refractivity contribution in [2.45, 2.75) is 0 Å². The van der Waals surface area contributed by atoms with Gasteiger partial charge < -0.3 is 9.15 Å². The SMILES string of the molecule is COc1cccnc1C(=O)c1ccc(Br)o1. The molecule has 0 saturated carbocycles. The second-order valence-corrected chi connectivity index (χ2v) is 3.77. The van der Waals surface area contributed by atoms with Crippen molar-refractivity contribution in [1.29, 1.82) is 0 Å². The molecule has 5 heteroatoms. The van der Waals surface area contributed by atoms with Crippen LogP contribution in [0.3, 0.4) is 0 Å². The summed E-state index contributed by atoms with van der Waals surface area (Å²) in [5.41, 5.74) is 0.242. The molecule has 0 fully saturated rings. The molecular weight excluding hydrogens is 274 g/mol. The topological polar surface area (TPSA) is 52.3 Å². The van der Waals surface area contributed by atoms with Crippen molar-refractivity contribution in [2.24, 2.45) is 0 Å². The number of rotatable bonds is 3. The van der Waals surface area contributed by atoms with Gasteiger partial charge in [-0.25, -0.2) is 4.98 Å². The number of hydrogen-bond donors (Lipinski definition) is 0. The summed E-state index contributed by atoms with van der Waals surface area (Å²) in [5, 5.41) is 0. The number of furan rings is 1. The summed E-state index contributed by atoms with van der Waals surface area (Å²) >= 11 is 3.14. The first-order chi connectivity index (χ1) is 7.72. The lowest BCUT2D eigenvalue weighted by Crippen LogP contribution is -2.05.